The highest BCUT2D eigenvalue weighted by Gasteiger charge is 2.20. The molecule has 1 atom stereocenters. The highest BCUT2D eigenvalue weighted by molar-refractivity contribution is 8.00. The molecule has 0 amide bonds. The number of imidazole rings is 1. The third-order valence-electron chi connectivity index (χ3n) is 3.53. The van der Waals surface area contributed by atoms with Crippen molar-refractivity contribution < 1.29 is 0 Å². The number of alkyl halides is 1. The molecule has 5 heteroatoms. The zero-order valence-corrected chi connectivity index (χ0v) is 12.7. The third kappa shape index (κ3) is 2.75. The number of thioether (sulfide) groups is 1. The first-order valence-corrected chi connectivity index (χ1v) is 8.35. The Morgan fingerprint density at radius 1 is 1.53 bits per heavy atom. The normalized spacial score (nSPS) is 19.4. The fraction of sp³-hybridized carbons (Fsp3) is 0.571. The van der Waals surface area contributed by atoms with Crippen LogP contribution in [0.4, 0.5) is 0 Å². The van der Waals surface area contributed by atoms with Gasteiger partial charge in [0.15, 0.2) is 5.65 Å². The van der Waals surface area contributed by atoms with Crippen LogP contribution in [0.15, 0.2) is 12.3 Å². The summed E-state index contributed by atoms with van der Waals surface area (Å²) in [7, 11) is 0. The van der Waals surface area contributed by atoms with Crippen molar-refractivity contribution in [3.8, 4) is 0 Å². The predicted octanol–water partition coefficient (Wildman–Crippen LogP) is 3.42. The average Bonchev–Trinajstić information content (AvgIpc) is 2.99. The molecule has 1 aliphatic rings. The smallest absolute Gasteiger partial charge is 0.160 e. The fourth-order valence-corrected chi connectivity index (χ4v) is 4.04. The van der Waals surface area contributed by atoms with Gasteiger partial charge in [-0.05, 0) is 37.1 Å². The maximum atomic E-state index is 5.90. The molecule has 3 nitrogen and oxygen atoms in total. The lowest BCUT2D eigenvalue weighted by Crippen LogP contribution is -2.13. The molecule has 0 spiro atoms. The minimum absolute atomic E-state index is 0.611. The molecule has 0 aliphatic carbocycles. The molecule has 1 unspecified atom stereocenters. The summed E-state index contributed by atoms with van der Waals surface area (Å²) in [5, 5.41) is 0.703. The van der Waals surface area contributed by atoms with Gasteiger partial charge in [-0.2, -0.15) is 11.8 Å². The van der Waals surface area contributed by atoms with Crippen molar-refractivity contribution in [1.82, 2.24) is 14.5 Å². The monoisotopic (exact) mass is 295 g/mol. The van der Waals surface area contributed by atoms with Gasteiger partial charge in [-0.15, -0.1) is 11.6 Å². The lowest BCUT2D eigenvalue weighted by Gasteiger charge is -2.12. The lowest BCUT2D eigenvalue weighted by atomic mass is 10.2. The lowest BCUT2D eigenvalue weighted by molar-refractivity contribution is 0.623. The molecule has 0 N–H and O–H groups in total. The van der Waals surface area contributed by atoms with E-state index in [9.17, 15) is 0 Å². The van der Waals surface area contributed by atoms with Gasteiger partial charge in [0.05, 0.1) is 0 Å². The van der Waals surface area contributed by atoms with Crippen LogP contribution < -0.4 is 0 Å². The number of fused-ring (bicyclic) bond motifs is 1. The van der Waals surface area contributed by atoms with Crippen molar-refractivity contribution in [3.05, 3.63) is 23.7 Å². The number of hydrogen-bond donors (Lipinski definition) is 0. The van der Waals surface area contributed by atoms with E-state index in [1.54, 1.807) is 0 Å². The third-order valence-corrected chi connectivity index (χ3v) is 5.10. The summed E-state index contributed by atoms with van der Waals surface area (Å²) >= 11 is 7.97. The molecular formula is C14H18ClN3S. The van der Waals surface area contributed by atoms with Crippen LogP contribution in [0, 0.1) is 6.92 Å². The first kappa shape index (κ1) is 13.3. The molecule has 1 aliphatic heterocycles. The van der Waals surface area contributed by atoms with Gasteiger partial charge in [0.2, 0.25) is 0 Å². The van der Waals surface area contributed by atoms with Gasteiger partial charge in [0, 0.05) is 30.3 Å². The van der Waals surface area contributed by atoms with Gasteiger partial charge in [0.1, 0.15) is 11.3 Å². The number of aryl methyl sites for hydroxylation is 2. The van der Waals surface area contributed by atoms with E-state index in [0.29, 0.717) is 11.1 Å². The van der Waals surface area contributed by atoms with Crippen molar-refractivity contribution in [2.75, 3.05) is 11.6 Å². The van der Waals surface area contributed by atoms with Crippen LogP contribution in [0.5, 0.6) is 0 Å². The standard InChI is InChI=1S/C14H18ClN3S/c1-10-7-12-14(16-8-10)18(13(17-12)4-5-15)9-11-3-2-6-19-11/h7-8,11H,2-6,9H2,1H3. The Morgan fingerprint density at radius 3 is 3.16 bits per heavy atom. The van der Waals surface area contributed by atoms with Crippen molar-refractivity contribution in [2.24, 2.45) is 0 Å². The Morgan fingerprint density at radius 2 is 2.42 bits per heavy atom. The summed E-state index contributed by atoms with van der Waals surface area (Å²) in [5.74, 6) is 2.98. The maximum Gasteiger partial charge on any atom is 0.160 e. The molecule has 3 rings (SSSR count). The highest BCUT2D eigenvalue weighted by Crippen LogP contribution is 2.29. The second-order valence-corrected chi connectivity index (χ2v) is 6.85. The summed E-state index contributed by atoms with van der Waals surface area (Å²) in [6.07, 6.45) is 5.37. The van der Waals surface area contributed by atoms with Crippen molar-refractivity contribution >= 4 is 34.5 Å². The largest absolute Gasteiger partial charge is 0.312 e. The van der Waals surface area contributed by atoms with E-state index in [1.807, 2.05) is 6.20 Å². The summed E-state index contributed by atoms with van der Waals surface area (Å²) in [5.41, 5.74) is 3.17. The van der Waals surface area contributed by atoms with E-state index >= 15 is 0 Å². The molecule has 102 valence electrons. The number of rotatable bonds is 4. The molecule has 2 aromatic rings. The zero-order chi connectivity index (χ0) is 13.2. The molecule has 0 bridgehead atoms. The molecule has 0 aromatic carbocycles. The zero-order valence-electron chi connectivity index (χ0n) is 11.1. The van der Waals surface area contributed by atoms with E-state index in [1.165, 1.54) is 18.6 Å². The molecule has 3 heterocycles. The number of pyridine rings is 1. The van der Waals surface area contributed by atoms with E-state index in [0.717, 1.165) is 35.5 Å². The second kappa shape index (κ2) is 5.71. The van der Waals surface area contributed by atoms with Gasteiger partial charge in [0.25, 0.3) is 0 Å². The first-order valence-electron chi connectivity index (χ1n) is 6.77. The average molecular weight is 296 g/mol. The summed E-state index contributed by atoms with van der Waals surface area (Å²) in [4.78, 5) is 9.29. The molecular weight excluding hydrogens is 278 g/mol. The number of nitrogens with zero attached hydrogens (tertiary/aromatic N) is 3. The number of hydrogen-bond acceptors (Lipinski definition) is 3. The number of aromatic nitrogens is 3. The molecule has 19 heavy (non-hydrogen) atoms. The maximum absolute atomic E-state index is 5.90. The van der Waals surface area contributed by atoms with Crippen molar-refractivity contribution in [2.45, 2.75) is 38.0 Å². The van der Waals surface area contributed by atoms with E-state index in [2.05, 4.69) is 34.3 Å². The SMILES string of the molecule is Cc1cnc2c(c1)nc(CCCl)n2CC1CCCS1. The molecule has 1 saturated heterocycles. The van der Waals surface area contributed by atoms with Gasteiger partial charge in [-0.3, -0.25) is 0 Å². The van der Waals surface area contributed by atoms with Gasteiger partial charge >= 0.3 is 0 Å². The predicted molar refractivity (Wildman–Crippen MR) is 82.2 cm³/mol. The van der Waals surface area contributed by atoms with E-state index < -0.39 is 0 Å². The van der Waals surface area contributed by atoms with Gasteiger partial charge in [-0.1, -0.05) is 0 Å². The van der Waals surface area contributed by atoms with Crippen LogP contribution in [-0.4, -0.2) is 31.4 Å². The Balaban J connectivity index is 2.00. The number of halogens is 1. The summed E-state index contributed by atoms with van der Waals surface area (Å²) in [6, 6.07) is 2.11. The Labute approximate surface area is 122 Å². The molecule has 2 aromatic heterocycles. The molecule has 1 fully saturated rings. The Kier molecular flexibility index (Phi) is 3.99. The quantitative estimate of drug-likeness (QED) is 0.810. The van der Waals surface area contributed by atoms with E-state index in [-0.39, 0.29) is 0 Å². The van der Waals surface area contributed by atoms with Crippen molar-refractivity contribution in [1.29, 1.82) is 0 Å². The minimum Gasteiger partial charge on any atom is -0.312 e. The fourth-order valence-electron chi connectivity index (χ4n) is 2.62. The van der Waals surface area contributed by atoms with Crippen molar-refractivity contribution in [3.63, 3.8) is 0 Å². The summed E-state index contributed by atoms with van der Waals surface area (Å²) in [6.45, 7) is 3.07. The Hall–Kier alpha value is -0.740. The van der Waals surface area contributed by atoms with Crippen LogP contribution in [-0.2, 0) is 13.0 Å². The van der Waals surface area contributed by atoms with Gasteiger partial charge in [-0.25, -0.2) is 9.97 Å². The second-order valence-electron chi connectivity index (χ2n) is 5.07. The van der Waals surface area contributed by atoms with E-state index in [4.69, 9.17) is 16.6 Å². The highest BCUT2D eigenvalue weighted by atomic mass is 35.5. The van der Waals surface area contributed by atoms with Crippen LogP contribution in [0.25, 0.3) is 11.2 Å². The first-order chi connectivity index (χ1) is 9.28. The van der Waals surface area contributed by atoms with Crippen LogP contribution >= 0.6 is 23.4 Å². The topological polar surface area (TPSA) is 30.7 Å². The van der Waals surface area contributed by atoms with Crippen LogP contribution in [0.2, 0.25) is 0 Å². The minimum atomic E-state index is 0.611. The summed E-state index contributed by atoms with van der Waals surface area (Å²) < 4.78 is 2.28. The molecule has 0 saturated carbocycles. The Bertz CT molecular complexity index is 575. The molecule has 0 radical (unpaired) electrons. The van der Waals surface area contributed by atoms with Gasteiger partial charge < -0.3 is 4.57 Å². The van der Waals surface area contributed by atoms with Crippen LogP contribution in [0.1, 0.15) is 24.2 Å². The van der Waals surface area contributed by atoms with Crippen LogP contribution in [0.3, 0.4) is 0 Å².